The molecule has 0 saturated heterocycles. The van der Waals surface area contributed by atoms with Crippen LogP contribution in [0.15, 0.2) is 30.9 Å². The topological polar surface area (TPSA) is 43.0 Å². The highest BCUT2D eigenvalue weighted by atomic mass is 19.4. The third-order valence-electron chi connectivity index (χ3n) is 2.92. The molecule has 4 nitrogen and oxygen atoms in total. The van der Waals surface area contributed by atoms with E-state index in [1.165, 1.54) is 18.5 Å². The second-order valence-electron chi connectivity index (χ2n) is 4.29. The second kappa shape index (κ2) is 5.08. The molecule has 104 valence electrons. The van der Waals surface area contributed by atoms with Gasteiger partial charge >= 0.3 is 6.18 Å². The normalized spacial score (nSPS) is 13.7. The van der Waals surface area contributed by atoms with E-state index < -0.39 is 12.3 Å². The summed E-state index contributed by atoms with van der Waals surface area (Å²) in [6, 6.07) is 1.28. The van der Waals surface area contributed by atoms with E-state index in [9.17, 15) is 13.2 Å². The van der Waals surface area contributed by atoms with Gasteiger partial charge in [0, 0.05) is 43.4 Å². The van der Waals surface area contributed by atoms with Gasteiger partial charge in [-0.25, -0.2) is 4.98 Å². The molecule has 0 aliphatic rings. The van der Waals surface area contributed by atoms with Crippen molar-refractivity contribution in [2.75, 3.05) is 0 Å². The predicted octanol–water partition coefficient (Wildman–Crippen LogP) is 2.29. The van der Waals surface area contributed by atoms with Crippen LogP contribution < -0.4 is 0 Å². The Balaban J connectivity index is 2.00. The molecule has 1 N–H and O–H groups in total. The zero-order valence-corrected chi connectivity index (χ0v) is 10.3. The van der Waals surface area contributed by atoms with Crippen molar-refractivity contribution in [1.82, 2.24) is 14.1 Å². The highest BCUT2D eigenvalue weighted by molar-refractivity contribution is 5.15. The van der Waals surface area contributed by atoms with Gasteiger partial charge in [0.2, 0.25) is 0 Å². The zero-order chi connectivity index (χ0) is 14.0. The minimum atomic E-state index is -4.63. The molecule has 0 amide bonds. The van der Waals surface area contributed by atoms with Crippen LogP contribution in [-0.2, 0) is 13.1 Å². The minimum Gasteiger partial charge on any atom is -0.379 e. The van der Waals surface area contributed by atoms with E-state index in [0.717, 1.165) is 5.82 Å². The molecule has 0 aromatic carbocycles. The molecule has 2 aromatic heterocycles. The zero-order valence-electron chi connectivity index (χ0n) is 10.3. The van der Waals surface area contributed by atoms with Crippen LogP contribution in [0.3, 0.4) is 0 Å². The number of rotatable bonds is 4. The fourth-order valence-electron chi connectivity index (χ4n) is 1.81. The highest BCUT2D eigenvalue weighted by Crippen LogP contribution is 2.32. The number of aliphatic hydroxyl groups excluding tert-OH is 1. The predicted molar refractivity (Wildman–Crippen MR) is 62.4 cm³/mol. The Bertz CT molecular complexity index is 544. The Labute approximate surface area is 108 Å². The Morgan fingerprint density at radius 2 is 2.05 bits per heavy atom. The van der Waals surface area contributed by atoms with Crippen LogP contribution in [0.5, 0.6) is 0 Å². The molecule has 19 heavy (non-hydrogen) atoms. The van der Waals surface area contributed by atoms with E-state index in [2.05, 4.69) is 4.98 Å². The van der Waals surface area contributed by atoms with E-state index >= 15 is 0 Å². The Morgan fingerprint density at radius 3 is 2.63 bits per heavy atom. The van der Waals surface area contributed by atoms with Gasteiger partial charge in [-0.2, -0.15) is 13.2 Å². The molecular formula is C12H14F3N3O. The van der Waals surface area contributed by atoms with E-state index in [1.54, 1.807) is 10.8 Å². The Hall–Kier alpha value is -1.76. The molecule has 0 radical (unpaired) electrons. The molecule has 7 heteroatoms. The Kier molecular flexibility index (Phi) is 3.66. The van der Waals surface area contributed by atoms with E-state index in [4.69, 9.17) is 5.11 Å². The van der Waals surface area contributed by atoms with Crippen molar-refractivity contribution >= 4 is 0 Å². The number of hydrogen-bond acceptors (Lipinski definition) is 2. The highest BCUT2D eigenvalue weighted by Gasteiger charge is 2.39. The third kappa shape index (κ3) is 3.17. The lowest BCUT2D eigenvalue weighted by molar-refractivity contribution is -0.206. The van der Waals surface area contributed by atoms with Crippen LogP contribution >= 0.6 is 0 Å². The summed E-state index contributed by atoms with van der Waals surface area (Å²) in [6.07, 6.45) is -0.744. The molecule has 2 aromatic rings. The summed E-state index contributed by atoms with van der Waals surface area (Å²) in [5.41, 5.74) is -0.144. The van der Waals surface area contributed by atoms with Gasteiger partial charge in [0.05, 0.1) is 0 Å². The lowest BCUT2D eigenvalue weighted by Crippen LogP contribution is -2.19. The van der Waals surface area contributed by atoms with Crippen LogP contribution in [0.25, 0.3) is 0 Å². The largest absolute Gasteiger partial charge is 0.418 e. The van der Waals surface area contributed by atoms with Crippen LogP contribution in [-0.4, -0.2) is 25.4 Å². The minimum absolute atomic E-state index is 0.144. The van der Waals surface area contributed by atoms with Crippen LogP contribution in [0, 0.1) is 6.92 Å². The van der Waals surface area contributed by atoms with Gasteiger partial charge in [-0.15, -0.1) is 0 Å². The smallest absolute Gasteiger partial charge is 0.379 e. The number of nitrogens with zero attached hydrogens (tertiary/aromatic N) is 3. The van der Waals surface area contributed by atoms with Crippen molar-refractivity contribution in [2.24, 2.45) is 0 Å². The molecule has 0 spiro atoms. The first-order valence-corrected chi connectivity index (χ1v) is 5.76. The second-order valence-corrected chi connectivity index (χ2v) is 4.29. The molecule has 2 rings (SSSR count). The molecule has 0 fully saturated rings. The van der Waals surface area contributed by atoms with Crippen molar-refractivity contribution in [3.63, 3.8) is 0 Å². The number of imidazole rings is 1. The lowest BCUT2D eigenvalue weighted by Gasteiger charge is -2.12. The van der Waals surface area contributed by atoms with Crippen LogP contribution in [0.1, 0.15) is 17.5 Å². The van der Waals surface area contributed by atoms with E-state index in [1.807, 2.05) is 17.7 Å². The fraction of sp³-hybridized carbons (Fsp3) is 0.417. The molecule has 0 aliphatic heterocycles. The molecule has 2 heterocycles. The van der Waals surface area contributed by atoms with Crippen molar-refractivity contribution in [1.29, 1.82) is 0 Å². The molecule has 1 unspecified atom stereocenters. The Morgan fingerprint density at radius 1 is 1.32 bits per heavy atom. The number of alkyl halides is 3. The number of hydrogen-bond donors (Lipinski definition) is 1. The summed E-state index contributed by atoms with van der Waals surface area (Å²) in [4.78, 5) is 4.06. The first-order valence-electron chi connectivity index (χ1n) is 5.76. The van der Waals surface area contributed by atoms with Gasteiger partial charge < -0.3 is 14.2 Å². The van der Waals surface area contributed by atoms with Gasteiger partial charge in [-0.3, -0.25) is 0 Å². The van der Waals surface area contributed by atoms with Crippen molar-refractivity contribution in [2.45, 2.75) is 32.3 Å². The van der Waals surface area contributed by atoms with Gasteiger partial charge in [0.1, 0.15) is 5.82 Å². The summed E-state index contributed by atoms with van der Waals surface area (Å²) >= 11 is 0. The number of aryl methyl sites for hydroxylation is 3. The first kappa shape index (κ1) is 13.7. The van der Waals surface area contributed by atoms with Crippen LogP contribution in [0.2, 0.25) is 0 Å². The quantitative estimate of drug-likeness (QED) is 0.928. The maximum absolute atomic E-state index is 12.3. The van der Waals surface area contributed by atoms with Crippen molar-refractivity contribution < 1.29 is 18.3 Å². The summed E-state index contributed by atoms with van der Waals surface area (Å²) in [7, 11) is 0. The number of aliphatic hydroxyl groups is 1. The van der Waals surface area contributed by atoms with Gasteiger partial charge in [0.25, 0.3) is 0 Å². The van der Waals surface area contributed by atoms with Gasteiger partial charge in [-0.05, 0) is 13.0 Å². The van der Waals surface area contributed by atoms with Crippen LogP contribution in [0.4, 0.5) is 13.2 Å². The maximum atomic E-state index is 12.3. The summed E-state index contributed by atoms with van der Waals surface area (Å²) < 4.78 is 40.5. The fourth-order valence-corrected chi connectivity index (χ4v) is 1.81. The molecular weight excluding hydrogens is 259 g/mol. The molecule has 0 aliphatic carbocycles. The first-order chi connectivity index (χ1) is 8.88. The summed E-state index contributed by atoms with van der Waals surface area (Å²) in [5, 5.41) is 9.11. The average molecular weight is 273 g/mol. The SMILES string of the molecule is Cc1nccn1CCn1ccc(C(O)C(F)(F)F)c1. The van der Waals surface area contributed by atoms with Crippen molar-refractivity contribution in [3.05, 3.63) is 42.2 Å². The lowest BCUT2D eigenvalue weighted by atomic mass is 10.2. The average Bonchev–Trinajstić information content (AvgIpc) is 2.93. The summed E-state index contributed by atoms with van der Waals surface area (Å²) in [5.74, 6) is 0.850. The number of halogens is 3. The standard InChI is InChI=1S/C12H14F3N3O/c1-9-16-3-5-18(9)7-6-17-4-2-10(8-17)11(19)12(13,14)15/h2-5,8,11,19H,6-7H2,1H3. The van der Waals surface area contributed by atoms with Crippen molar-refractivity contribution in [3.8, 4) is 0 Å². The number of aromatic nitrogens is 3. The monoisotopic (exact) mass is 273 g/mol. The third-order valence-corrected chi connectivity index (χ3v) is 2.92. The molecule has 0 saturated carbocycles. The maximum Gasteiger partial charge on any atom is 0.418 e. The van der Waals surface area contributed by atoms with Gasteiger partial charge in [0.15, 0.2) is 6.10 Å². The molecule has 0 bridgehead atoms. The van der Waals surface area contributed by atoms with Gasteiger partial charge in [-0.1, -0.05) is 0 Å². The summed E-state index contributed by atoms with van der Waals surface area (Å²) in [6.45, 7) is 2.98. The van der Waals surface area contributed by atoms with E-state index in [0.29, 0.717) is 13.1 Å². The van der Waals surface area contributed by atoms with E-state index in [-0.39, 0.29) is 5.56 Å². The molecule has 1 atom stereocenters.